The summed E-state index contributed by atoms with van der Waals surface area (Å²) in [5.41, 5.74) is 0.705. The van der Waals surface area contributed by atoms with Gasteiger partial charge in [-0.2, -0.15) is 0 Å². The Morgan fingerprint density at radius 1 is 1.23 bits per heavy atom. The van der Waals surface area contributed by atoms with E-state index in [0.717, 1.165) is 13.1 Å². The van der Waals surface area contributed by atoms with Crippen molar-refractivity contribution in [3.63, 3.8) is 0 Å². The summed E-state index contributed by atoms with van der Waals surface area (Å²) in [5.74, 6) is 1.41. The second-order valence-corrected chi connectivity index (χ2v) is 5.55. The zero-order chi connectivity index (χ0) is 15.5. The number of nitrogens with one attached hydrogen (secondary N) is 2. The van der Waals surface area contributed by atoms with Crippen molar-refractivity contribution >= 4 is 17.5 Å². The van der Waals surface area contributed by atoms with E-state index in [1.807, 2.05) is 4.90 Å². The van der Waals surface area contributed by atoms with Gasteiger partial charge in [-0.1, -0.05) is 0 Å². The lowest BCUT2D eigenvalue weighted by atomic mass is 10.2. The number of nitrogens with zero attached hydrogens (tertiary/aromatic N) is 1. The summed E-state index contributed by atoms with van der Waals surface area (Å²) in [6, 6.07) is 5.36. The fourth-order valence-electron chi connectivity index (χ4n) is 2.72. The molecule has 22 heavy (non-hydrogen) atoms. The van der Waals surface area contributed by atoms with Crippen LogP contribution in [0.5, 0.6) is 11.5 Å². The number of benzene rings is 1. The molecule has 1 saturated heterocycles. The Balaban J connectivity index is 1.50. The van der Waals surface area contributed by atoms with Gasteiger partial charge in [0.05, 0.1) is 26.2 Å². The summed E-state index contributed by atoms with van der Waals surface area (Å²) in [6.07, 6.45) is 0. The maximum Gasteiger partial charge on any atom is 0.279 e. The fourth-order valence-corrected chi connectivity index (χ4v) is 2.72. The van der Waals surface area contributed by atoms with Gasteiger partial charge in [-0.05, 0) is 12.1 Å². The summed E-state index contributed by atoms with van der Waals surface area (Å²) in [7, 11) is 0. The summed E-state index contributed by atoms with van der Waals surface area (Å²) in [5, 5.41) is 2.88. The molecule has 0 radical (unpaired) electrons. The van der Waals surface area contributed by atoms with Crippen LogP contribution in [0, 0.1) is 0 Å². The highest BCUT2D eigenvalue weighted by Crippen LogP contribution is 2.34. The Hall–Kier alpha value is -2.28. The number of rotatable bonds is 3. The van der Waals surface area contributed by atoms with Crippen molar-refractivity contribution in [1.82, 2.24) is 4.90 Å². The maximum absolute atomic E-state index is 12.1. The van der Waals surface area contributed by atoms with Crippen molar-refractivity contribution in [3.8, 4) is 11.5 Å². The average Bonchev–Trinajstić information content (AvgIpc) is 2.95. The number of carbonyl (C=O) groups is 2. The number of fused-ring (bicyclic) bond motifs is 1. The van der Waals surface area contributed by atoms with Gasteiger partial charge in [0.25, 0.3) is 5.91 Å². The van der Waals surface area contributed by atoms with Crippen LogP contribution in [0.3, 0.4) is 0 Å². The van der Waals surface area contributed by atoms with Crippen molar-refractivity contribution in [1.29, 1.82) is 0 Å². The third-order valence-corrected chi connectivity index (χ3v) is 3.98. The molecule has 2 aliphatic rings. The highest BCUT2D eigenvalue weighted by Gasteiger charge is 2.23. The lowest BCUT2D eigenvalue weighted by Gasteiger charge is -2.31. The van der Waals surface area contributed by atoms with Crippen LogP contribution in [0.4, 0.5) is 5.69 Å². The average molecular weight is 306 g/mol. The van der Waals surface area contributed by atoms with Gasteiger partial charge in [-0.3, -0.25) is 9.59 Å². The Morgan fingerprint density at radius 2 is 1.95 bits per heavy atom. The van der Waals surface area contributed by atoms with Crippen LogP contribution in [-0.4, -0.2) is 56.2 Å². The Labute approximate surface area is 128 Å². The van der Waals surface area contributed by atoms with Crippen LogP contribution < -0.4 is 19.7 Å². The van der Waals surface area contributed by atoms with E-state index in [9.17, 15) is 9.59 Å². The van der Waals surface area contributed by atoms with Gasteiger partial charge >= 0.3 is 0 Å². The molecule has 2 heterocycles. The van der Waals surface area contributed by atoms with Gasteiger partial charge in [0.1, 0.15) is 0 Å². The molecule has 7 nitrogen and oxygen atoms in total. The molecule has 0 spiro atoms. The molecule has 7 heteroatoms. The van der Waals surface area contributed by atoms with Crippen LogP contribution in [0.2, 0.25) is 0 Å². The second-order valence-electron chi connectivity index (χ2n) is 5.55. The first-order chi connectivity index (χ1) is 10.6. The Morgan fingerprint density at radius 3 is 2.68 bits per heavy atom. The third-order valence-electron chi connectivity index (χ3n) is 3.98. The molecule has 0 unspecified atom stereocenters. The Bertz CT molecular complexity index is 582. The molecule has 0 atom stereocenters. The van der Waals surface area contributed by atoms with Gasteiger partial charge < -0.3 is 24.6 Å². The lowest BCUT2D eigenvalue weighted by molar-refractivity contribution is -0.895. The smallest absolute Gasteiger partial charge is 0.279 e. The summed E-state index contributed by atoms with van der Waals surface area (Å²) >= 11 is 0. The predicted molar refractivity (Wildman–Crippen MR) is 79.0 cm³/mol. The molecule has 1 aromatic rings. The first kappa shape index (κ1) is 14.6. The van der Waals surface area contributed by atoms with Crippen molar-refractivity contribution in [2.24, 2.45) is 0 Å². The van der Waals surface area contributed by atoms with Crippen molar-refractivity contribution in [3.05, 3.63) is 18.2 Å². The van der Waals surface area contributed by atoms with E-state index in [4.69, 9.17) is 9.47 Å². The molecule has 3 rings (SSSR count). The minimum atomic E-state index is -0.0369. The van der Waals surface area contributed by atoms with Crippen molar-refractivity contribution in [2.75, 3.05) is 44.8 Å². The lowest BCUT2D eigenvalue weighted by Crippen LogP contribution is -3.15. The molecule has 0 aliphatic carbocycles. The number of anilines is 1. The van der Waals surface area contributed by atoms with Crippen LogP contribution in [0.1, 0.15) is 6.92 Å². The molecule has 0 aromatic heterocycles. The normalized spacial score (nSPS) is 17.4. The highest BCUT2D eigenvalue weighted by molar-refractivity contribution is 5.91. The summed E-state index contributed by atoms with van der Waals surface area (Å²) < 4.78 is 10.5. The van der Waals surface area contributed by atoms with Crippen LogP contribution in [0.15, 0.2) is 18.2 Å². The molecule has 2 N–H and O–H groups in total. The van der Waals surface area contributed by atoms with E-state index in [1.165, 1.54) is 4.90 Å². The first-order valence-electron chi connectivity index (χ1n) is 7.40. The number of hydrogen-bond acceptors (Lipinski definition) is 4. The summed E-state index contributed by atoms with van der Waals surface area (Å²) in [4.78, 5) is 26.4. The van der Waals surface area contributed by atoms with Crippen molar-refractivity contribution in [2.45, 2.75) is 6.92 Å². The standard InChI is InChI=1S/C15H19N3O4/c1-11(19)18-6-4-17(5-7-18)9-15(20)16-12-2-3-13-14(8-12)22-10-21-13/h2-3,8H,4-7,9-10H2,1H3,(H,16,20)/p+1. The van der Waals surface area contributed by atoms with Gasteiger partial charge in [0.2, 0.25) is 12.7 Å². The molecule has 2 aliphatic heterocycles. The van der Waals surface area contributed by atoms with Crippen LogP contribution in [0.25, 0.3) is 0 Å². The molecule has 0 saturated carbocycles. The topological polar surface area (TPSA) is 72.3 Å². The molecule has 118 valence electrons. The summed E-state index contributed by atoms with van der Waals surface area (Å²) in [6.45, 7) is 5.22. The van der Waals surface area contributed by atoms with Crippen molar-refractivity contribution < 1.29 is 24.0 Å². The molecular formula is C15H20N3O4+. The highest BCUT2D eigenvalue weighted by atomic mass is 16.7. The number of ether oxygens (including phenoxy) is 2. The molecule has 2 amide bonds. The van der Waals surface area contributed by atoms with Gasteiger partial charge in [0, 0.05) is 18.7 Å². The number of carbonyl (C=O) groups excluding carboxylic acids is 2. The number of amides is 2. The number of piperazine rings is 1. The van der Waals surface area contributed by atoms with E-state index in [-0.39, 0.29) is 18.6 Å². The number of hydrogen-bond donors (Lipinski definition) is 2. The van der Waals surface area contributed by atoms with E-state index < -0.39 is 0 Å². The minimum absolute atomic E-state index is 0.0369. The van der Waals surface area contributed by atoms with E-state index in [2.05, 4.69) is 5.32 Å². The van der Waals surface area contributed by atoms with E-state index >= 15 is 0 Å². The van der Waals surface area contributed by atoms with Crippen LogP contribution >= 0.6 is 0 Å². The molecular weight excluding hydrogens is 286 g/mol. The fraction of sp³-hybridized carbons (Fsp3) is 0.467. The predicted octanol–water partition coefficient (Wildman–Crippen LogP) is -0.899. The van der Waals surface area contributed by atoms with Gasteiger partial charge in [-0.25, -0.2) is 0 Å². The second kappa shape index (κ2) is 6.23. The molecule has 1 fully saturated rings. The van der Waals surface area contributed by atoms with E-state index in [0.29, 0.717) is 36.8 Å². The first-order valence-corrected chi connectivity index (χ1v) is 7.40. The number of quaternary nitrogens is 1. The third kappa shape index (κ3) is 3.30. The quantitative estimate of drug-likeness (QED) is 0.759. The maximum atomic E-state index is 12.1. The van der Waals surface area contributed by atoms with E-state index in [1.54, 1.807) is 25.1 Å². The minimum Gasteiger partial charge on any atom is -0.454 e. The zero-order valence-electron chi connectivity index (χ0n) is 12.6. The monoisotopic (exact) mass is 306 g/mol. The molecule has 1 aromatic carbocycles. The zero-order valence-corrected chi connectivity index (χ0v) is 12.6. The van der Waals surface area contributed by atoms with Crippen LogP contribution in [-0.2, 0) is 9.59 Å². The Kier molecular flexibility index (Phi) is 4.15. The largest absolute Gasteiger partial charge is 0.454 e. The van der Waals surface area contributed by atoms with Gasteiger partial charge in [0.15, 0.2) is 18.0 Å². The molecule has 0 bridgehead atoms. The SMILES string of the molecule is CC(=O)N1CC[NH+](CC(=O)Nc2ccc3c(c2)OCO3)CC1. The van der Waals surface area contributed by atoms with Gasteiger partial charge in [-0.15, -0.1) is 0 Å².